The average Bonchev–Trinajstić information content (AvgIpc) is 2.36. The standard InChI is InChI=1S/C14H17Cl2NO2/c15-11-6-10(7-12(16)8-11)13(18)17-9-14(19)4-2-1-3-5-14/h6-8,19H,1-5,9H2,(H,17,18). The number of halogens is 2. The van der Waals surface area contributed by atoms with Gasteiger partial charge in [-0.3, -0.25) is 4.79 Å². The quantitative estimate of drug-likeness (QED) is 0.899. The van der Waals surface area contributed by atoms with E-state index in [0.29, 0.717) is 15.6 Å². The number of hydrogen-bond acceptors (Lipinski definition) is 2. The Morgan fingerprint density at radius 2 is 1.74 bits per heavy atom. The molecule has 2 N–H and O–H groups in total. The molecule has 1 aliphatic rings. The molecule has 0 unspecified atom stereocenters. The van der Waals surface area contributed by atoms with Crippen LogP contribution in [0, 0.1) is 0 Å². The van der Waals surface area contributed by atoms with Crippen molar-refractivity contribution in [2.75, 3.05) is 6.54 Å². The van der Waals surface area contributed by atoms with Gasteiger partial charge < -0.3 is 10.4 Å². The fourth-order valence-corrected chi connectivity index (χ4v) is 2.94. The lowest BCUT2D eigenvalue weighted by molar-refractivity contribution is 0.00526. The van der Waals surface area contributed by atoms with Crippen LogP contribution in [0.4, 0.5) is 0 Å². The number of nitrogens with one attached hydrogen (secondary N) is 1. The minimum Gasteiger partial charge on any atom is -0.388 e. The van der Waals surface area contributed by atoms with Crippen molar-refractivity contribution in [3.63, 3.8) is 0 Å². The molecule has 19 heavy (non-hydrogen) atoms. The largest absolute Gasteiger partial charge is 0.388 e. The smallest absolute Gasteiger partial charge is 0.251 e. The zero-order valence-electron chi connectivity index (χ0n) is 10.6. The predicted molar refractivity (Wildman–Crippen MR) is 76.8 cm³/mol. The zero-order valence-corrected chi connectivity index (χ0v) is 12.1. The molecule has 2 rings (SSSR count). The lowest BCUT2D eigenvalue weighted by atomic mass is 9.85. The summed E-state index contributed by atoms with van der Waals surface area (Å²) < 4.78 is 0. The number of amides is 1. The van der Waals surface area contributed by atoms with E-state index in [1.54, 1.807) is 18.2 Å². The monoisotopic (exact) mass is 301 g/mol. The molecule has 5 heteroatoms. The van der Waals surface area contributed by atoms with Gasteiger partial charge in [0.15, 0.2) is 0 Å². The van der Waals surface area contributed by atoms with Crippen molar-refractivity contribution in [1.82, 2.24) is 5.32 Å². The number of benzene rings is 1. The van der Waals surface area contributed by atoms with Crippen LogP contribution in [0.15, 0.2) is 18.2 Å². The summed E-state index contributed by atoms with van der Waals surface area (Å²) in [6.45, 7) is 0.274. The van der Waals surface area contributed by atoms with Crippen LogP contribution in [0.3, 0.4) is 0 Å². The molecule has 3 nitrogen and oxygen atoms in total. The van der Waals surface area contributed by atoms with Gasteiger partial charge in [0.25, 0.3) is 5.91 Å². The maximum absolute atomic E-state index is 12.0. The van der Waals surface area contributed by atoms with Crippen molar-refractivity contribution in [3.8, 4) is 0 Å². The predicted octanol–water partition coefficient (Wildman–Crippen LogP) is 3.42. The second-order valence-electron chi connectivity index (χ2n) is 5.13. The normalized spacial score (nSPS) is 18.1. The molecule has 104 valence electrons. The van der Waals surface area contributed by atoms with Crippen molar-refractivity contribution in [1.29, 1.82) is 0 Å². The highest BCUT2D eigenvalue weighted by atomic mass is 35.5. The second-order valence-corrected chi connectivity index (χ2v) is 6.00. The summed E-state index contributed by atoms with van der Waals surface area (Å²) in [7, 11) is 0. The van der Waals surface area contributed by atoms with Crippen LogP contribution < -0.4 is 5.32 Å². The Morgan fingerprint density at radius 1 is 1.16 bits per heavy atom. The Morgan fingerprint density at radius 3 is 2.32 bits per heavy atom. The summed E-state index contributed by atoms with van der Waals surface area (Å²) in [6.07, 6.45) is 4.65. The van der Waals surface area contributed by atoms with Gasteiger partial charge in [-0.05, 0) is 31.0 Å². The first-order valence-electron chi connectivity index (χ1n) is 6.45. The maximum atomic E-state index is 12.0. The summed E-state index contributed by atoms with van der Waals surface area (Å²) in [6, 6.07) is 4.70. The summed E-state index contributed by atoms with van der Waals surface area (Å²) in [4.78, 5) is 12.0. The van der Waals surface area contributed by atoms with Crippen molar-refractivity contribution in [2.45, 2.75) is 37.7 Å². The van der Waals surface area contributed by atoms with Crippen LogP contribution >= 0.6 is 23.2 Å². The van der Waals surface area contributed by atoms with Crippen LogP contribution in [-0.2, 0) is 0 Å². The van der Waals surface area contributed by atoms with Crippen LogP contribution in [0.25, 0.3) is 0 Å². The van der Waals surface area contributed by atoms with Crippen LogP contribution in [0.2, 0.25) is 10.0 Å². The minimum atomic E-state index is -0.768. The molecule has 1 aromatic rings. The molecule has 0 aromatic heterocycles. The maximum Gasteiger partial charge on any atom is 0.251 e. The Hall–Kier alpha value is -0.770. The van der Waals surface area contributed by atoms with Crippen molar-refractivity contribution in [3.05, 3.63) is 33.8 Å². The van der Waals surface area contributed by atoms with E-state index in [1.807, 2.05) is 0 Å². The van der Waals surface area contributed by atoms with E-state index in [4.69, 9.17) is 23.2 Å². The molecular formula is C14H17Cl2NO2. The number of aliphatic hydroxyl groups is 1. The van der Waals surface area contributed by atoms with E-state index >= 15 is 0 Å². The van der Waals surface area contributed by atoms with Gasteiger partial charge in [0, 0.05) is 22.2 Å². The van der Waals surface area contributed by atoms with E-state index < -0.39 is 5.60 Å². The molecule has 0 heterocycles. The Kier molecular flexibility index (Phi) is 4.71. The average molecular weight is 302 g/mol. The Labute approximate surface area is 122 Å². The molecule has 0 radical (unpaired) electrons. The van der Waals surface area contributed by atoms with E-state index in [0.717, 1.165) is 32.1 Å². The van der Waals surface area contributed by atoms with E-state index in [2.05, 4.69) is 5.32 Å². The van der Waals surface area contributed by atoms with Crippen LogP contribution in [0.1, 0.15) is 42.5 Å². The van der Waals surface area contributed by atoms with Gasteiger partial charge in [0.1, 0.15) is 0 Å². The first-order valence-corrected chi connectivity index (χ1v) is 7.21. The van der Waals surface area contributed by atoms with Gasteiger partial charge in [-0.2, -0.15) is 0 Å². The van der Waals surface area contributed by atoms with E-state index in [9.17, 15) is 9.90 Å². The molecule has 1 amide bonds. The lowest BCUT2D eigenvalue weighted by Gasteiger charge is -2.32. The first-order chi connectivity index (χ1) is 8.98. The highest BCUT2D eigenvalue weighted by molar-refractivity contribution is 6.35. The van der Waals surface area contributed by atoms with Gasteiger partial charge in [-0.15, -0.1) is 0 Å². The molecular weight excluding hydrogens is 285 g/mol. The van der Waals surface area contributed by atoms with Gasteiger partial charge in [0.2, 0.25) is 0 Å². The topological polar surface area (TPSA) is 49.3 Å². The van der Waals surface area contributed by atoms with Gasteiger partial charge in [-0.25, -0.2) is 0 Å². The molecule has 1 fully saturated rings. The molecule has 0 aliphatic heterocycles. The Bertz CT molecular complexity index is 450. The summed E-state index contributed by atoms with van der Waals surface area (Å²) >= 11 is 11.7. The molecule has 1 aliphatic carbocycles. The lowest BCUT2D eigenvalue weighted by Crippen LogP contribution is -2.44. The highest BCUT2D eigenvalue weighted by Gasteiger charge is 2.29. The number of rotatable bonds is 3. The zero-order chi connectivity index (χ0) is 13.9. The number of hydrogen-bond donors (Lipinski definition) is 2. The van der Waals surface area contributed by atoms with Crippen molar-refractivity contribution < 1.29 is 9.90 Å². The van der Waals surface area contributed by atoms with E-state index in [-0.39, 0.29) is 12.5 Å². The third kappa shape index (κ3) is 4.10. The fourth-order valence-electron chi connectivity index (χ4n) is 2.42. The summed E-state index contributed by atoms with van der Waals surface area (Å²) in [5.41, 5.74) is -0.354. The Balaban J connectivity index is 1.97. The van der Waals surface area contributed by atoms with Gasteiger partial charge in [-0.1, -0.05) is 42.5 Å². The first kappa shape index (κ1) is 14.6. The minimum absolute atomic E-state index is 0.261. The molecule has 1 aromatic carbocycles. The highest BCUT2D eigenvalue weighted by Crippen LogP contribution is 2.27. The van der Waals surface area contributed by atoms with Crippen molar-refractivity contribution >= 4 is 29.1 Å². The van der Waals surface area contributed by atoms with E-state index in [1.165, 1.54) is 0 Å². The summed E-state index contributed by atoms with van der Waals surface area (Å²) in [5, 5.41) is 13.9. The van der Waals surface area contributed by atoms with Gasteiger partial charge in [0.05, 0.1) is 5.60 Å². The third-order valence-corrected chi connectivity index (χ3v) is 3.92. The number of carbonyl (C=O) groups excluding carboxylic acids is 1. The van der Waals surface area contributed by atoms with Crippen LogP contribution in [0.5, 0.6) is 0 Å². The van der Waals surface area contributed by atoms with Gasteiger partial charge >= 0.3 is 0 Å². The fraction of sp³-hybridized carbons (Fsp3) is 0.500. The molecule has 0 saturated heterocycles. The molecule has 0 spiro atoms. The SMILES string of the molecule is O=C(NCC1(O)CCCCC1)c1cc(Cl)cc(Cl)c1. The van der Waals surface area contributed by atoms with Crippen molar-refractivity contribution in [2.24, 2.45) is 0 Å². The molecule has 1 saturated carbocycles. The second kappa shape index (κ2) is 6.12. The molecule has 0 bridgehead atoms. The summed E-state index contributed by atoms with van der Waals surface area (Å²) in [5.74, 6) is -0.261. The molecule has 0 atom stereocenters. The third-order valence-electron chi connectivity index (χ3n) is 3.49. The number of carbonyl (C=O) groups is 1. The van der Waals surface area contributed by atoms with Crippen LogP contribution in [-0.4, -0.2) is 23.2 Å².